The number of nitrogens with zero attached hydrogens (tertiary/aromatic N) is 1. The Bertz CT molecular complexity index is 617. The number of ether oxygens (including phenoxy) is 1. The molecule has 1 aliphatic rings. The van der Waals surface area contributed by atoms with Gasteiger partial charge < -0.3 is 20.3 Å². The van der Waals surface area contributed by atoms with E-state index in [1.165, 1.54) is 0 Å². The Morgan fingerprint density at radius 3 is 2.54 bits per heavy atom. The summed E-state index contributed by atoms with van der Waals surface area (Å²) < 4.78 is 5.51. The van der Waals surface area contributed by atoms with Crippen LogP contribution in [0.1, 0.15) is 39.2 Å². The maximum atomic E-state index is 12.2. The summed E-state index contributed by atoms with van der Waals surface area (Å²) in [5.41, 5.74) is 0.879. The van der Waals surface area contributed by atoms with Crippen molar-refractivity contribution < 1.29 is 14.3 Å². The van der Waals surface area contributed by atoms with Gasteiger partial charge >= 0.3 is 6.03 Å². The molecule has 1 aliphatic heterocycles. The van der Waals surface area contributed by atoms with Gasteiger partial charge in [0.1, 0.15) is 5.75 Å². The first kappa shape index (κ1) is 20.1. The lowest BCUT2D eigenvalue weighted by atomic mass is 9.97. The Kier molecular flexibility index (Phi) is 6.89. The molecule has 2 rings (SSSR count). The molecule has 2 N–H and O–H groups in total. The lowest BCUT2D eigenvalue weighted by Gasteiger charge is -2.34. The third-order valence-corrected chi connectivity index (χ3v) is 4.33. The summed E-state index contributed by atoms with van der Waals surface area (Å²) in [6, 6.07) is 7.64. The molecule has 0 aromatic heterocycles. The molecular weight excluding hydrogens is 330 g/mol. The molecule has 1 fully saturated rings. The molecule has 0 atom stereocenters. The van der Waals surface area contributed by atoms with Crippen LogP contribution in [0.5, 0.6) is 5.75 Å². The highest BCUT2D eigenvalue weighted by Crippen LogP contribution is 2.17. The molecule has 0 saturated carbocycles. The van der Waals surface area contributed by atoms with Gasteiger partial charge in [-0.3, -0.25) is 4.79 Å². The van der Waals surface area contributed by atoms with Gasteiger partial charge in [0, 0.05) is 25.2 Å². The summed E-state index contributed by atoms with van der Waals surface area (Å²) in [6.07, 6.45) is 1.80. The van der Waals surface area contributed by atoms with Gasteiger partial charge in [0.2, 0.25) is 0 Å². The Labute approximate surface area is 156 Å². The Morgan fingerprint density at radius 1 is 1.23 bits per heavy atom. The van der Waals surface area contributed by atoms with Crippen molar-refractivity contribution in [1.29, 1.82) is 0 Å². The fourth-order valence-corrected chi connectivity index (χ4v) is 2.90. The van der Waals surface area contributed by atoms with Crippen LogP contribution in [0.2, 0.25) is 0 Å². The number of carbonyl (C=O) groups excluding carboxylic acids is 2. The fraction of sp³-hybridized carbons (Fsp3) is 0.600. The van der Waals surface area contributed by atoms with Crippen molar-refractivity contribution >= 4 is 11.9 Å². The number of nitrogens with one attached hydrogen (secondary N) is 2. The highest BCUT2D eigenvalue weighted by atomic mass is 16.5. The Morgan fingerprint density at radius 2 is 1.92 bits per heavy atom. The van der Waals surface area contributed by atoms with Crippen LogP contribution in [0, 0.1) is 12.8 Å². The van der Waals surface area contributed by atoms with Gasteiger partial charge in [-0.25, -0.2) is 4.79 Å². The molecule has 6 heteroatoms. The lowest BCUT2D eigenvalue weighted by molar-refractivity contribution is -0.123. The molecule has 1 heterocycles. The van der Waals surface area contributed by atoms with Crippen LogP contribution in [-0.2, 0) is 4.79 Å². The molecule has 1 aromatic rings. The second-order valence-corrected chi connectivity index (χ2v) is 8.02. The van der Waals surface area contributed by atoms with Crippen molar-refractivity contribution in [3.8, 4) is 5.75 Å². The van der Waals surface area contributed by atoms with Crippen molar-refractivity contribution in [3.05, 3.63) is 29.8 Å². The molecule has 0 spiro atoms. The first-order valence-electron chi connectivity index (χ1n) is 9.26. The standard InChI is InChI=1S/C20H31N3O3/c1-15-6-5-7-17(12-15)26-14-18(24)21-13-16-8-10-23(11-9-16)19(25)22-20(2,3)4/h5-7,12,16H,8-11,13-14H2,1-4H3,(H,21,24)(H,22,25). The molecular formula is C20H31N3O3. The lowest BCUT2D eigenvalue weighted by Crippen LogP contribution is -2.51. The van der Waals surface area contributed by atoms with E-state index in [4.69, 9.17) is 4.74 Å². The summed E-state index contributed by atoms with van der Waals surface area (Å²) in [4.78, 5) is 26.0. The van der Waals surface area contributed by atoms with Crippen LogP contribution in [0.4, 0.5) is 4.79 Å². The molecule has 0 bridgehead atoms. The zero-order chi connectivity index (χ0) is 19.2. The summed E-state index contributed by atoms with van der Waals surface area (Å²) in [7, 11) is 0. The number of carbonyl (C=O) groups is 2. The molecule has 1 aromatic carbocycles. The van der Waals surface area contributed by atoms with Crippen LogP contribution in [-0.4, -0.2) is 48.6 Å². The molecule has 26 heavy (non-hydrogen) atoms. The quantitative estimate of drug-likeness (QED) is 0.847. The number of likely N-dealkylation sites (tertiary alicyclic amines) is 1. The van der Waals surface area contributed by atoms with Gasteiger partial charge in [-0.05, 0) is 64.2 Å². The van der Waals surface area contributed by atoms with Crippen LogP contribution < -0.4 is 15.4 Å². The van der Waals surface area contributed by atoms with Crippen LogP contribution >= 0.6 is 0 Å². The zero-order valence-electron chi connectivity index (χ0n) is 16.3. The van der Waals surface area contributed by atoms with E-state index >= 15 is 0 Å². The van der Waals surface area contributed by atoms with Crippen LogP contribution in [0.15, 0.2) is 24.3 Å². The maximum Gasteiger partial charge on any atom is 0.317 e. The second kappa shape index (κ2) is 8.92. The third-order valence-electron chi connectivity index (χ3n) is 4.33. The summed E-state index contributed by atoms with van der Waals surface area (Å²) in [6.45, 7) is 10.0. The molecule has 1 saturated heterocycles. The molecule has 6 nitrogen and oxygen atoms in total. The van der Waals surface area contributed by atoms with Gasteiger partial charge in [0.25, 0.3) is 5.91 Å². The van der Waals surface area contributed by atoms with E-state index in [9.17, 15) is 9.59 Å². The summed E-state index contributed by atoms with van der Waals surface area (Å²) in [5, 5.41) is 5.93. The Balaban J connectivity index is 1.65. The molecule has 0 radical (unpaired) electrons. The van der Waals surface area contributed by atoms with Crippen molar-refractivity contribution in [2.24, 2.45) is 5.92 Å². The van der Waals surface area contributed by atoms with E-state index in [0.29, 0.717) is 18.2 Å². The number of aryl methyl sites for hydroxylation is 1. The number of piperidine rings is 1. The third kappa shape index (κ3) is 6.94. The normalized spacial score (nSPS) is 15.5. The van der Waals surface area contributed by atoms with E-state index in [-0.39, 0.29) is 24.1 Å². The second-order valence-electron chi connectivity index (χ2n) is 8.02. The largest absolute Gasteiger partial charge is 0.484 e. The topological polar surface area (TPSA) is 70.7 Å². The summed E-state index contributed by atoms with van der Waals surface area (Å²) >= 11 is 0. The first-order chi connectivity index (χ1) is 12.2. The number of amides is 3. The van der Waals surface area contributed by atoms with Gasteiger partial charge in [-0.15, -0.1) is 0 Å². The Hall–Kier alpha value is -2.24. The van der Waals surface area contributed by atoms with E-state index in [1.807, 2.05) is 56.9 Å². The van der Waals surface area contributed by atoms with Crippen molar-refractivity contribution in [3.63, 3.8) is 0 Å². The van der Waals surface area contributed by atoms with Crippen molar-refractivity contribution in [2.45, 2.75) is 46.1 Å². The fourth-order valence-electron chi connectivity index (χ4n) is 2.90. The van der Waals surface area contributed by atoms with E-state index in [2.05, 4.69) is 10.6 Å². The minimum absolute atomic E-state index is 0.00783. The van der Waals surface area contributed by atoms with E-state index in [0.717, 1.165) is 31.5 Å². The average molecular weight is 361 g/mol. The number of rotatable bonds is 5. The van der Waals surface area contributed by atoms with Crippen molar-refractivity contribution in [1.82, 2.24) is 15.5 Å². The number of urea groups is 1. The monoisotopic (exact) mass is 361 g/mol. The molecule has 3 amide bonds. The molecule has 0 aliphatic carbocycles. The van der Waals surface area contributed by atoms with Gasteiger partial charge in [-0.1, -0.05) is 12.1 Å². The summed E-state index contributed by atoms with van der Waals surface area (Å²) in [5.74, 6) is 0.995. The minimum atomic E-state index is -0.223. The average Bonchev–Trinajstić information content (AvgIpc) is 2.57. The van der Waals surface area contributed by atoms with Crippen LogP contribution in [0.3, 0.4) is 0 Å². The highest BCUT2D eigenvalue weighted by molar-refractivity contribution is 5.77. The zero-order valence-corrected chi connectivity index (χ0v) is 16.3. The first-order valence-corrected chi connectivity index (χ1v) is 9.26. The highest BCUT2D eigenvalue weighted by Gasteiger charge is 2.25. The van der Waals surface area contributed by atoms with E-state index in [1.54, 1.807) is 0 Å². The van der Waals surface area contributed by atoms with Gasteiger partial charge in [0.05, 0.1) is 0 Å². The maximum absolute atomic E-state index is 12.2. The van der Waals surface area contributed by atoms with Crippen molar-refractivity contribution in [2.75, 3.05) is 26.2 Å². The molecule has 0 unspecified atom stereocenters. The predicted molar refractivity (Wildman–Crippen MR) is 102 cm³/mol. The number of hydrogen-bond donors (Lipinski definition) is 2. The minimum Gasteiger partial charge on any atom is -0.484 e. The van der Waals surface area contributed by atoms with Gasteiger partial charge in [-0.2, -0.15) is 0 Å². The molecule has 144 valence electrons. The number of benzene rings is 1. The SMILES string of the molecule is Cc1cccc(OCC(=O)NCC2CCN(C(=O)NC(C)(C)C)CC2)c1. The van der Waals surface area contributed by atoms with Crippen LogP contribution in [0.25, 0.3) is 0 Å². The number of hydrogen-bond acceptors (Lipinski definition) is 3. The smallest absolute Gasteiger partial charge is 0.317 e. The van der Waals surface area contributed by atoms with E-state index < -0.39 is 0 Å². The van der Waals surface area contributed by atoms with Gasteiger partial charge in [0.15, 0.2) is 6.61 Å². The predicted octanol–water partition coefficient (Wildman–Crippen LogP) is 2.71.